The van der Waals surface area contributed by atoms with E-state index in [4.69, 9.17) is 0 Å². The zero-order valence-electron chi connectivity index (χ0n) is 29.6. The van der Waals surface area contributed by atoms with Crippen molar-refractivity contribution in [3.05, 3.63) is 164 Å². The maximum Gasteiger partial charge on any atom is 0.0463 e. The molecule has 0 saturated heterocycles. The normalized spacial score (nSPS) is 11.2. The number of anilines is 9. The minimum atomic E-state index is 0.312. The second-order valence-electron chi connectivity index (χ2n) is 13.3. The number of rotatable bonds is 12. The van der Waals surface area contributed by atoms with Gasteiger partial charge in [-0.15, -0.1) is 0 Å². The van der Waals surface area contributed by atoms with Crippen LogP contribution in [-0.4, -0.2) is 18.1 Å². The molecule has 49 heavy (non-hydrogen) atoms. The van der Waals surface area contributed by atoms with Crippen molar-refractivity contribution in [1.29, 1.82) is 0 Å². The van der Waals surface area contributed by atoms with Gasteiger partial charge in [0.15, 0.2) is 0 Å². The summed E-state index contributed by atoms with van der Waals surface area (Å²) in [4.78, 5) is 9.49. The standard InChI is InChI=1S/C45H48N4/c1-34(2)46(37-16-10-7-11-17-37)40-22-28-43(29-23-40)49(44-30-24-41(25-31-44)47(35(3)4)38-18-12-8-13-19-38)45-32-26-42(27-33-45)48(36(5)6)39-20-14-9-15-21-39/h7-36H,1-6H3. The number of nitrogens with zero attached hydrogens (tertiary/aromatic N) is 4. The summed E-state index contributed by atoms with van der Waals surface area (Å²) in [6.07, 6.45) is 0. The summed E-state index contributed by atoms with van der Waals surface area (Å²) in [5.74, 6) is 0. The largest absolute Gasteiger partial charge is 0.339 e. The molecule has 4 nitrogen and oxygen atoms in total. The molecule has 248 valence electrons. The average molecular weight is 645 g/mol. The Morgan fingerprint density at radius 2 is 0.429 bits per heavy atom. The Hall–Kier alpha value is -5.48. The zero-order valence-corrected chi connectivity index (χ0v) is 29.6. The first kappa shape index (κ1) is 33.4. The van der Waals surface area contributed by atoms with E-state index in [1.807, 2.05) is 0 Å². The van der Waals surface area contributed by atoms with Crippen LogP contribution in [0.1, 0.15) is 41.5 Å². The third-order valence-corrected chi connectivity index (χ3v) is 8.81. The van der Waals surface area contributed by atoms with Gasteiger partial charge in [-0.3, -0.25) is 0 Å². The van der Waals surface area contributed by atoms with Gasteiger partial charge >= 0.3 is 0 Å². The second-order valence-corrected chi connectivity index (χ2v) is 13.3. The molecule has 0 saturated carbocycles. The molecule has 0 aromatic heterocycles. The van der Waals surface area contributed by atoms with Crippen molar-refractivity contribution in [2.45, 2.75) is 59.7 Å². The first-order valence-electron chi connectivity index (χ1n) is 17.4. The molecule has 0 fully saturated rings. The lowest BCUT2D eigenvalue weighted by Crippen LogP contribution is -2.25. The summed E-state index contributed by atoms with van der Waals surface area (Å²) in [5, 5.41) is 0. The number of hydrogen-bond acceptors (Lipinski definition) is 4. The van der Waals surface area contributed by atoms with Gasteiger partial charge in [-0.1, -0.05) is 54.6 Å². The number of benzene rings is 6. The molecule has 6 rings (SSSR count). The molecule has 0 radical (unpaired) electrons. The van der Waals surface area contributed by atoms with E-state index in [9.17, 15) is 0 Å². The molecule has 0 aliphatic carbocycles. The minimum absolute atomic E-state index is 0.312. The second kappa shape index (κ2) is 15.2. The molecule has 0 aliphatic rings. The van der Waals surface area contributed by atoms with E-state index < -0.39 is 0 Å². The maximum atomic E-state index is 2.38. The molecule has 0 spiro atoms. The van der Waals surface area contributed by atoms with Crippen molar-refractivity contribution >= 4 is 51.2 Å². The van der Waals surface area contributed by atoms with E-state index in [1.165, 1.54) is 34.1 Å². The van der Waals surface area contributed by atoms with Crippen LogP contribution in [0.3, 0.4) is 0 Å². The van der Waals surface area contributed by atoms with Crippen LogP contribution in [0.2, 0.25) is 0 Å². The molecule has 6 aromatic carbocycles. The van der Waals surface area contributed by atoms with E-state index in [0.29, 0.717) is 18.1 Å². The van der Waals surface area contributed by atoms with Gasteiger partial charge in [0.2, 0.25) is 0 Å². The van der Waals surface area contributed by atoms with Crippen molar-refractivity contribution in [1.82, 2.24) is 0 Å². The van der Waals surface area contributed by atoms with Gasteiger partial charge in [-0.25, -0.2) is 0 Å². The smallest absolute Gasteiger partial charge is 0.0463 e. The fourth-order valence-corrected chi connectivity index (χ4v) is 6.74. The van der Waals surface area contributed by atoms with Crippen LogP contribution in [0.5, 0.6) is 0 Å². The third kappa shape index (κ3) is 7.49. The molecule has 0 atom stereocenters. The molecule has 0 heterocycles. The maximum absolute atomic E-state index is 2.38. The Labute approximate surface area is 293 Å². The predicted octanol–water partition coefficient (Wildman–Crippen LogP) is 12.8. The highest BCUT2D eigenvalue weighted by Gasteiger charge is 2.19. The molecule has 4 heteroatoms. The van der Waals surface area contributed by atoms with E-state index in [2.05, 4.69) is 225 Å². The van der Waals surface area contributed by atoms with Gasteiger partial charge < -0.3 is 19.6 Å². The fraction of sp³-hybridized carbons (Fsp3) is 0.200. The predicted molar refractivity (Wildman–Crippen MR) is 212 cm³/mol. The van der Waals surface area contributed by atoms with Crippen molar-refractivity contribution < 1.29 is 0 Å². The summed E-state index contributed by atoms with van der Waals surface area (Å²) in [6.45, 7) is 13.4. The average Bonchev–Trinajstić information content (AvgIpc) is 3.12. The van der Waals surface area contributed by atoms with E-state index in [1.54, 1.807) is 0 Å². The highest BCUT2D eigenvalue weighted by molar-refractivity contribution is 5.81. The molecular weight excluding hydrogens is 597 g/mol. The monoisotopic (exact) mass is 644 g/mol. The molecule has 0 bridgehead atoms. The molecular formula is C45H48N4. The Morgan fingerprint density at radius 3 is 0.633 bits per heavy atom. The molecule has 0 amide bonds. The molecule has 0 N–H and O–H groups in total. The fourth-order valence-electron chi connectivity index (χ4n) is 6.74. The van der Waals surface area contributed by atoms with Gasteiger partial charge in [0.05, 0.1) is 0 Å². The first-order valence-corrected chi connectivity index (χ1v) is 17.4. The lowest BCUT2D eigenvalue weighted by atomic mass is 10.1. The lowest BCUT2D eigenvalue weighted by molar-refractivity contribution is 0.789. The van der Waals surface area contributed by atoms with E-state index in [0.717, 1.165) is 17.1 Å². The summed E-state index contributed by atoms with van der Waals surface area (Å²) >= 11 is 0. The third-order valence-electron chi connectivity index (χ3n) is 8.81. The van der Waals surface area contributed by atoms with Crippen molar-refractivity contribution in [2.75, 3.05) is 19.6 Å². The Bertz CT molecular complexity index is 1640. The summed E-state index contributed by atoms with van der Waals surface area (Å²) < 4.78 is 0. The van der Waals surface area contributed by atoms with Crippen LogP contribution in [0, 0.1) is 0 Å². The summed E-state index contributed by atoms with van der Waals surface area (Å²) in [5.41, 5.74) is 10.4. The first-order chi connectivity index (χ1) is 23.8. The van der Waals surface area contributed by atoms with Gasteiger partial charge in [0.1, 0.15) is 0 Å². The van der Waals surface area contributed by atoms with Gasteiger partial charge in [-0.2, -0.15) is 0 Å². The topological polar surface area (TPSA) is 13.0 Å². The van der Waals surface area contributed by atoms with E-state index in [-0.39, 0.29) is 0 Å². The Kier molecular flexibility index (Phi) is 10.3. The number of para-hydroxylation sites is 3. The highest BCUT2D eigenvalue weighted by atomic mass is 15.2. The minimum Gasteiger partial charge on any atom is -0.339 e. The van der Waals surface area contributed by atoms with Crippen LogP contribution in [0.4, 0.5) is 51.2 Å². The molecule has 6 aromatic rings. The van der Waals surface area contributed by atoms with Gasteiger partial charge in [0, 0.05) is 69.3 Å². The van der Waals surface area contributed by atoms with Crippen LogP contribution >= 0.6 is 0 Å². The van der Waals surface area contributed by atoms with Gasteiger partial charge in [0.25, 0.3) is 0 Å². The van der Waals surface area contributed by atoms with Crippen molar-refractivity contribution in [3.8, 4) is 0 Å². The quantitative estimate of drug-likeness (QED) is 0.131. The molecule has 0 unspecified atom stereocenters. The lowest BCUT2D eigenvalue weighted by Gasteiger charge is -2.32. The van der Waals surface area contributed by atoms with Crippen LogP contribution in [-0.2, 0) is 0 Å². The Balaban J connectivity index is 1.39. The summed E-state index contributed by atoms with van der Waals surface area (Å²) in [7, 11) is 0. The van der Waals surface area contributed by atoms with Crippen molar-refractivity contribution in [3.63, 3.8) is 0 Å². The summed E-state index contributed by atoms with van der Waals surface area (Å²) in [6, 6.07) is 59.7. The van der Waals surface area contributed by atoms with E-state index >= 15 is 0 Å². The van der Waals surface area contributed by atoms with Crippen molar-refractivity contribution in [2.24, 2.45) is 0 Å². The van der Waals surface area contributed by atoms with Crippen LogP contribution in [0.25, 0.3) is 0 Å². The van der Waals surface area contributed by atoms with Gasteiger partial charge in [-0.05, 0) is 151 Å². The molecule has 0 aliphatic heterocycles. The highest BCUT2D eigenvalue weighted by Crippen LogP contribution is 2.40. The van der Waals surface area contributed by atoms with Crippen LogP contribution in [0.15, 0.2) is 164 Å². The SMILES string of the molecule is CC(C)N(c1ccccc1)c1ccc(N(c2ccc(N(c3ccccc3)C(C)C)cc2)c2ccc(N(c3ccccc3)C(C)C)cc2)cc1. The Morgan fingerprint density at radius 1 is 0.245 bits per heavy atom. The number of hydrogen-bond donors (Lipinski definition) is 0. The van der Waals surface area contributed by atoms with Crippen LogP contribution < -0.4 is 19.6 Å². The zero-order chi connectivity index (χ0) is 34.3.